The van der Waals surface area contributed by atoms with Gasteiger partial charge in [0, 0.05) is 11.1 Å². The first-order valence-electron chi connectivity index (χ1n) is 5.29. The summed E-state index contributed by atoms with van der Waals surface area (Å²) in [5.41, 5.74) is 1.37. The van der Waals surface area contributed by atoms with Crippen LogP contribution in [-0.4, -0.2) is 6.61 Å². The van der Waals surface area contributed by atoms with Gasteiger partial charge in [-0.25, -0.2) is 4.39 Å². The van der Waals surface area contributed by atoms with Crippen LogP contribution in [0.4, 0.5) is 4.39 Å². The summed E-state index contributed by atoms with van der Waals surface area (Å²) in [7, 11) is 0. The Morgan fingerprint density at radius 3 is 2.25 bits per heavy atom. The van der Waals surface area contributed by atoms with E-state index in [-0.39, 0.29) is 5.82 Å². The molecule has 2 aromatic carbocycles. The summed E-state index contributed by atoms with van der Waals surface area (Å²) >= 11 is 0. The predicted molar refractivity (Wildman–Crippen MR) is 63.0 cm³/mol. The third-order valence-electron chi connectivity index (χ3n) is 2.35. The summed E-state index contributed by atoms with van der Waals surface area (Å²) < 4.78 is 19.1. The maximum absolute atomic E-state index is 13.6. The van der Waals surface area contributed by atoms with E-state index in [1.165, 1.54) is 6.07 Å². The minimum absolute atomic E-state index is 0.227. The van der Waals surface area contributed by atoms with E-state index in [1.807, 2.05) is 37.3 Å². The maximum atomic E-state index is 13.6. The number of ether oxygens (including phenoxy) is 1. The number of rotatable bonds is 3. The van der Waals surface area contributed by atoms with Gasteiger partial charge in [0.1, 0.15) is 11.6 Å². The molecule has 0 aliphatic rings. The molecule has 0 bridgehead atoms. The largest absolute Gasteiger partial charge is 0.493 e. The molecular weight excluding hydrogens is 203 g/mol. The highest BCUT2D eigenvalue weighted by Gasteiger charge is 2.08. The van der Waals surface area contributed by atoms with Crippen molar-refractivity contribution >= 4 is 0 Å². The second-order valence-electron chi connectivity index (χ2n) is 3.41. The lowest BCUT2D eigenvalue weighted by atomic mass is 10.0. The quantitative estimate of drug-likeness (QED) is 0.756. The molecule has 0 fully saturated rings. The van der Waals surface area contributed by atoms with Crippen LogP contribution >= 0.6 is 0 Å². The fraction of sp³-hybridized carbons (Fsp3) is 0.143. The van der Waals surface area contributed by atoms with E-state index in [0.717, 1.165) is 11.3 Å². The Morgan fingerprint density at radius 1 is 0.938 bits per heavy atom. The normalized spacial score (nSPS) is 10.1. The first kappa shape index (κ1) is 10.7. The smallest absolute Gasteiger partial charge is 0.131 e. The van der Waals surface area contributed by atoms with Crippen LogP contribution < -0.4 is 4.74 Å². The van der Waals surface area contributed by atoms with Crippen molar-refractivity contribution in [3.63, 3.8) is 0 Å². The molecular formula is C14H13FO. The van der Waals surface area contributed by atoms with E-state index in [2.05, 4.69) is 0 Å². The molecule has 0 radical (unpaired) electrons. The third-order valence-corrected chi connectivity index (χ3v) is 2.35. The first-order chi connectivity index (χ1) is 7.83. The van der Waals surface area contributed by atoms with Gasteiger partial charge in [-0.3, -0.25) is 0 Å². The highest BCUT2D eigenvalue weighted by molar-refractivity contribution is 5.70. The molecule has 2 aromatic rings. The molecule has 0 amide bonds. The van der Waals surface area contributed by atoms with Gasteiger partial charge in [-0.05, 0) is 19.1 Å². The molecule has 0 aliphatic carbocycles. The molecule has 0 spiro atoms. The molecule has 0 aromatic heterocycles. The lowest BCUT2D eigenvalue weighted by molar-refractivity contribution is 0.341. The van der Waals surface area contributed by atoms with Crippen molar-refractivity contribution in [2.45, 2.75) is 6.92 Å². The Hall–Kier alpha value is -1.83. The molecule has 2 heteroatoms. The minimum atomic E-state index is -0.227. The van der Waals surface area contributed by atoms with Gasteiger partial charge >= 0.3 is 0 Å². The number of para-hydroxylation sites is 1. The molecule has 0 heterocycles. The van der Waals surface area contributed by atoms with Gasteiger partial charge in [-0.2, -0.15) is 0 Å². The zero-order valence-electron chi connectivity index (χ0n) is 9.11. The van der Waals surface area contributed by atoms with E-state index in [1.54, 1.807) is 12.1 Å². The summed E-state index contributed by atoms with van der Waals surface area (Å²) in [5, 5.41) is 0. The van der Waals surface area contributed by atoms with Gasteiger partial charge in [-0.1, -0.05) is 36.4 Å². The lowest BCUT2D eigenvalue weighted by Gasteiger charge is -2.10. The molecule has 0 saturated heterocycles. The van der Waals surface area contributed by atoms with Crippen LogP contribution in [-0.2, 0) is 0 Å². The Kier molecular flexibility index (Phi) is 3.20. The van der Waals surface area contributed by atoms with Crippen molar-refractivity contribution in [3.05, 3.63) is 54.3 Å². The third kappa shape index (κ3) is 2.06. The molecule has 0 N–H and O–H groups in total. The van der Waals surface area contributed by atoms with Gasteiger partial charge in [0.05, 0.1) is 6.61 Å². The van der Waals surface area contributed by atoms with Crippen molar-refractivity contribution in [3.8, 4) is 16.9 Å². The summed E-state index contributed by atoms with van der Waals surface area (Å²) in [5.74, 6) is 0.491. The zero-order chi connectivity index (χ0) is 11.4. The summed E-state index contributed by atoms with van der Waals surface area (Å²) in [6.07, 6.45) is 0. The lowest BCUT2D eigenvalue weighted by Crippen LogP contribution is -1.94. The van der Waals surface area contributed by atoms with E-state index in [0.29, 0.717) is 12.2 Å². The molecule has 82 valence electrons. The van der Waals surface area contributed by atoms with Gasteiger partial charge in [0.15, 0.2) is 0 Å². The highest BCUT2D eigenvalue weighted by atomic mass is 19.1. The highest BCUT2D eigenvalue weighted by Crippen LogP contribution is 2.31. The van der Waals surface area contributed by atoms with Crippen LogP contribution in [0.1, 0.15) is 6.92 Å². The first-order valence-corrected chi connectivity index (χ1v) is 5.29. The SMILES string of the molecule is CCOc1ccccc1-c1ccccc1F. The second kappa shape index (κ2) is 4.79. The van der Waals surface area contributed by atoms with Crippen LogP contribution in [0.3, 0.4) is 0 Å². The van der Waals surface area contributed by atoms with Crippen molar-refractivity contribution in [1.29, 1.82) is 0 Å². The Balaban J connectivity index is 2.51. The molecule has 0 atom stereocenters. The fourth-order valence-electron chi connectivity index (χ4n) is 1.65. The summed E-state index contributed by atoms with van der Waals surface area (Å²) in [4.78, 5) is 0. The van der Waals surface area contributed by atoms with Crippen molar-refractivity contribution in [1.82, 2.24) is 0 Å². The van der Waals surface area contributed by atoms with Crippen LogP contribution in [0.5, 0.6) is 5.75 Å². The minimum Gasteiger partial charge on any atom is -0.493 e. The van der Waals surface area contributed by atoms with Crippen LogP contribution in [0, 0.1) is 5.82 Å². The number of halogens is 1. The van der Waals surface area contributed by atoms with Crippen molar-refractivity contribution in [2.75, 3.05) is 6.61 Å². The Labute approximate surface area is 94.5 Å². The zero-order valence-corrected chi connectivity index (χ0v) is 9.11. The van der Waals surface area contributed by atoms with Gasteiger partial charge in [0.25, 0.3) is 0 Å². The number of benzene rings is 2. The van der Waals surface area contributed by atoms with Gasteiger partial charge < -0.3 is 4.74 Å². The molecule has 1 nitrogen and oxygen atoms in total. The standard InChI is InChI=1S/C14H13FO/c1-2-16-14-10-6-4-8-12(14)11-7-3-5-9-13(11)15/h3-10H,2H2,1H3. The molecule has 0 aliphatic heterocycles. The molecule has 0 unspecified atom stereocenters. The second-order valence-corrected chi connectivity index (χ2v) is 3.41. The van der Waals surface area contributed by atoms with Gasteiger partial charge in [0.2, 0.25) is 0 Å². The summed E-state index contributed by atoms with van der Waals surface area (Å²) in [6, 6.07) is 14.2. The van der Waals surface area contributed by atoms with Crippen LogP contribution in [0.25, 0.3) is 11.1 Å². The average molecular weight is 216 g/mol. The van der Waals surface area contributed by atoms with E-state index in [9.17, 15) is 4.39 Å². The van der Waals surface area contributed by atoms with Crippen LogP contribution in [0.2, 0.25) is 0 Å². The van der Waals surface area contributed by atoms with Gasteiger partial charge in [-0.15, -0.1) is 0 Å². The molecule has 16 heavy (non-hydrogen) atoms. The van der Waals surface area contributed by atoms with E-state index >= 15 is 0 Å². The monoisotopic (exact) mass is 216 g/mol. The maximum Gasteiger partial charge on any atom is 0.131 e. The van der Waals surface area contributed by atoms with Crippen LogP contribution in [0.15, 0.2) is 48.5 Å². The van der Waals surface area contributed by atoms with E-state index in [4.69, 9.17) is 4.74 Å². The number of hydrogen-bond donors (Lipinski definition) is 0. The average Bonchev–Trinajstić information content (AvgIpc) is 2.31. The summed E-state index contributed by atoms with van der Waals surface area (Å²) in [6.45, 7) is 2.49. The van der Waals surface area contributed by atoms with E-state index < -0.39 is 0 Å². The molecule has 2 rings (SSSR count). The Bertz CT molecular complexity index is 480. The predicted octanol–water partition coefficient (Wildman–Crippen LogP) is 3.89. The fourth-order valence-corrected chi connectivity index (χ4v) is 1.65. The van der Waals surface area contributed by atoms with Crippen molar-refractivity contribution in [2.24, 2.45) is 0 Å². The van der Waals surface area contributed by atoms with Crippen molar-refractivity contribution < 1.29 is 9.13 Å². The Morgan fingerprint density at radius 2 is 1.56 bits per heavy atom. The topological polar surface area (TPSA) is 9.23 Å². The molecule has 0 saturated carbocycles. The number of hydrogen-bond acceptors (Lipinski definition) is 1.